The van der Waals surface area contributed by atoms with Gasteiger partial charge in [-0.05, 0) is 66.4 Å². The minimum absolute atomic E-state index is 0.0239. The van der Waals surface area contributed by atoms with E-state index < -0.39 is 28.5 Å². The number of benzene rings is 4. The van der Waals surface area contributed by atoms with Crippen LogP contribution in [-0.4, -0.2) is 43.8 Å². The molecule has 0 saturated heterocycles. The Bertz CT molecular complexity index is 1820. The smallest absolute Gasteiger partial charge is 0.264 e. The molecule has 0 unspecified atom stereocenters. The molecule has 1 fully saturated rings. The Hall–Kier alpha value is -3.27. The molecular weight excluding hydrogens is 712 g/mol. The molecule has 252 valence electrons. The Kier molecular flexibility index (Phi) is 12.3. The second-order valence-corrected chi connectivity index (χ2v) is 15.3. The molecule has 0 aromatic heterocycles. The van der Waals surface area contributed by atoms with Crippen LogP contribution in [0.25, 0.3) is 0 Å². The van der Waals surface area contributed by atoms with Crippen LogP contribution in [0.4, 0.5) is 5.69 Å². The average molecular weight is 748 g/mol. The summed E-state index contributed by atoms with van der Waals surface area (Å²) in [7, 11) is -4.31. The van der Waals surface area contributed by atoms with Crippen molar-refractivity contribution in [2.24, 2.45) is 0 Å². The Labute approximate surface area is 301 Å². The van der Waals surface area contributed by atoms with Gasteiger partial charge in [0.25, 0.3) is 10.0 Å². The third-order valence-corrected chi connectivity index (χ3v) is 11.1. The van der Waals surface area contributed by atoms with E-state index in [9.17, 15) is 18.0 Å². The average Bonchev–Trinajstić information content (AvgIpc) is 3.06. The van der Waals surface area contributed by atoms with Crippen LogP contribution in [0.2, 0.25) is 20.1 Å². The van der Waals surface area contributed by atoms with Crippen molar-refractivity contribution in [2.75, 3.05) is 10.8 Å². The first kappa shape index (κ1) is 36.0. The molecule has 2 amide bonds. The summed E-state index contributed by atoms with van der Waals surface area (Å²) in [4.78, 5) is 30.3. The van der Waals surface area contributed by atoms with Gasteiger partial charge in [-0.2, -0.15) is 0 Å². The molecule has 48 heavy (non-hydrogen) atoms. The fourth-order valence-electron chi connectivity index (χ4n) is 5.86. The summed E-state index contributed by atoms with van der Waals surface area (Å²) >= 11 is 25.4. The Morgan fingerprint density at radius 2 is 1.40 bits per heavy atom. The van der Waals surface area contributed by atoms with Crippen LogP contribution in [0.1, 0.15) is 43.2 Å². The number of sulfonamides is 1. The molecule has 0 aliphatic heterocycles. The predicted molar refractivity (Wildman–Crippen MR) is 193 cm³/mol. The van der Waals surface area contributed by atoms with E-state index in [0.717, 1.165) is 42.0 Å². The van der Waals surface area contributed by atoms with E-state index in [4.69, 9.17) is 46.4 Å². The van der Waals surface area contributed by atoms with Crippen molar-refractivity contribution in [3.05, 3.63) is 128 Å². The number of hydrogen-bond acceptors (Lipinski definition) is 4. The second kappa shape index (κ2) is 16.4. The van der Waals surface area contributed by atoms with Crippen LogP contribution in [-0.2, 0) is 32.6 Å². The molecule has 7 nitrogen and oxygen atoms in total. The summed E-state index contributed by atoms with van der Waals surface area (Å²) < 4.78 is 29.3. The lowest BCUT2D eigenvalue weighted by molar-refractivity contribution is -0.140. The highest BCUT2D eigenvalue weighted by Crippen LogP contribution is 2.31. The van der Waals surface area contributed by atoms with Gasteiger partial charge in [0.15, 0.2) is 0 Å². The molecule has 0 heterocycles. The lowest BCUT2D eigenvalue weighted by atomic mass is 9.94. The van der Waals surface area contributed by atoms with Gasteiger partial charge in [0, 0.05) is 39.1 Å². The van der Waals surface area contributed by atoms with Crippen molar-refractivity contribution in [1.82, 2.24) is 10.2 Å². The van der Waals surface area contributed by atoms with Gasteiger partial charge < -0.3 is 10.2 Å². The zero-order valence-corrected chi connectivity index (χ0v) is 29.8. The van der Waals surface area contributed by atoms with Crippen molar-refractivity contribution in [3.63, 3.8) is 0 Å². The largest absolute Gasteiger partial charge is 0.352 e. The highest BCUT2D eigenvalue weighted by molar-refractivity contribution is 7.92. The van der Waals surface area contributed by atoms with Crippen LogP contribution in [0.15, 0.2) is 102 Å². The van der Waals surface area contributed by atoms with Crippen LogP contribution in [0, 0.1) is 0 Å². The lowest BCUT2D eigenvalue weighted by Crippen LogP contribution is -2.55. The Balaban J connectivity index is 1.59. The van der Waals surface area contributed by atoms with Gasteiger partial charge in [0.2, 0.25) is 11.8 Å². The molecule has 1 aliphatic carbocycles. The molecule has 1 atom stereocenters. The Morgan fingerprint density at radius 1 is 0.771 bits per heavy atom. The van der Waals surface area contributed by atoms with E-state index in [-0.39, 0.29) is 45.5 Å². The molecule has 0 radical (unpaired) electrons. The maximum Gasteiger partial charge on any atom is 0.264 e. The van der Waals surface area contributed by atoms with Gasteiger partial charge >= 0.3 is 0 Å². The zero-order valence-electron chi connectivity index (χ0n) is 26.0. The predicted octanol–water partition coefficient (Wildman–Crippen LogP) is 8.58. The summed E-state index contributed by atoms with van der Waals surface area (Å²) in [5, 5.41) is 4.29. The number of nitrogens with one attached hydrogen (secondary N) is 1. The van der Waals surface area contributed by atoms with Crippen LogP contribution in [0.5, 0.6) is 0 Å². The summed E-state index contributed by atoms with van der Waals surface area (Å²) in [5.74, 6) is -0.955. The molecule has 4 aromatic rings. The monoisotopic (exact) mass is 745 g/mol. The first-order chi connectivity index (χ1) is 23.0. The summed E-state index contributed by atoms with van der Waals surface area (Å²) in [5.41, 5.74) is 1.47. The first-order valence-corrected chi connectivity index (χ1v) is 18.6. The minimum atomic E-state index is -4.31. The highest BCUT2D eigenvalue weighted by atomic mass is 35.5. The molecule has 0 spiro atoms. The molecular formula is C36H35Cl4N3O4S. The summed E-state index contributed by atoms with van der Waals surface area (Å²) in [6.07, 6.45) is 5.00. The van der Waals surface area contributed by atoms with Gasteiger partial charge in [0.1, 0.15) is 12.6 Å². The van der Waals surface area contributed by atoms with Gasteiger partial charge in [-0.25, -0.2) is 8.42 Å². The van der Waals surface area contributed by atoms with E-state index in [2.05, 4.69) is 5.32 Å². The third-order valence-electron chi connectivity index (χ3n) is 8.32. The fourth-order valence-corrected chi connectivity index (χ4v) is 8.27. The minimum Gasteiger partial charge on any atom is -0.352 e. The topological polar surface area (TPSA) is 86.8 Å². The number of nitrogens with zero attached hydrogens (tertiary/aromatic N) is 2. The van der Waals surface area contributed by atoms with E-state index in [1.807, 2.05) is 30.3 Å². The quantitative estimate of drug-likeness (QED) is 0.157. The fraction of sp³-hybridized carbons (Fsp3) is 0.278. The molecule has 0 bridgehead atoms. The summed E-state index contributed by atoms with van der Waals surface area (Å²) in [6.45, 7) is -0.735. The van der Waals surface area contributed by atoms with Gasteiger partial charge in [-0.15, -0.1) is 0 Å². The summed E-state index contributed by atoms with van der Waals surface area (Å²) in [6, 6.07) is 25.4. The maximum absolute atomic E-state index is 14.7. The highest BCUT2D eigenvalue weighted by Gasteiger charge is 2.36. The second-order valence-electron chi connectivity index (χ2n) is 11.8. The third kappa shape index (κ3) is 9.24. The van der Waals surface area contributed by atoms with E-state index in [1.165, 1.54) is 35.2 Å². The molecule has 1 aliphatic rings. The number of carbonyl (C=O) groups excluding carboxylic acids is 2. The van der Waals surface area contributed by atoms with E-state index >= 15 is 0 Å². The van der Waals surface area contributed by atoms with Crippen molar-refractivity contribution < 1.29 is 18.0 Å². The lowest BCUT2D eigenvalue weighted by Gasteiger charge is -2.35. The van der Waals surface area contributed by atoms with Gasteiger partial charge in [-0.3, -0.25) is 13.9 Å². The number of carbonyl (C=O) groups is 2. The number of amides is 2. The Morgan fingerprint density at radius 3 is 2.02 bits per heavy atom. The van der Waals surface area contributed by atoms with Crippen LogP contribution in [0.3, 0.4) is 0 Å². The standard InChI is InChI=1S/C36H35Cl4N3O4S/c37-27-17-16-26(33(40)22-27)23-42(34(18-25-10-4-1-5-11-25)36(45)41-30-12-6-2-7-13-30)35(44)24-43(31-20-28(38)19-29(39)21-31)48(46,47)32-14-8-3-9-15-32/h1,3-5,8-11,14-17,19-22,30,34H,2,6-7,12-13,18,23-24H2,(H,41,45)/t34-/m0/s1. The molecule has 4 aromatic carbocycles. The molecule has 1 saturated carbocycles. The van der Waals surface area contributed by atoms with Crippen molar-refractivity contribution in [2.45, 2.75) is 62.0 Å². The van der Waals surface area contributed by atoms with Crippen molar-refractivity contribution >= 4 is 73.9 Å². The SMILES string of the molecule is O=C(NC1CCCCC1)[C@H](Cc1ccccc1)N(Cc1ccc(Cl)cc1Cl)C(=O)CN(c1cc(Cl)cc(Cl)c1)S(=O)(=O)c1ccccc1. The molecule has 5 rings (SSSR count). The van der Waals surface area contributed by atoms with Crippen molar-refractivity contribution in [3.8, 4) is 0 Å². The molecule has 1 N–H and O–H groups in total. The van der Waals surface area contributed by atoms with Crippen LogP contribution < -0.4 is 9.62 Å². The first-order valence-electron chi connectivity index (χ1n) is 15.6. The van der Waals surface area contributed by atoms with E-state index in [1.54, 1.807) is 36.4 Å². The number of rotatable bonds is 12. The van der Waals surface area contributed by atoms with Crippen LogP contribution >= 0.6 is 46.4 Å². The number of anilines is 1. The normalized spacial score (nSPS) is 14.2. The van der Waals surface area contributed by atoms with Gasteiger partial charge in [-0.1, -0.05) is 120 Å². The number of halogens is 4. The van der Waals surface area contributed by atoms with Crippen molar-refractivity contribution in [1.29, 1.82) is 0 Å². The van der Waals surface area contributed by atoms with Gasteiger partial charge in [0.05, 0.1) is 10.6 Å². The van der Waals surface area contributed by atoms with E-state index in [0.29, 0.717) is 15.6 Å². The zero-order chi connectivity index (χ0) is 34.3. The molecule has 12 heteroatoms. The number of hydrogen-bond donors (Lipinski definition) is 1. The maximum atomic E-state index is 14.7.